The minimum atomic E-state index is -0.187. The number of pyridine rings is 1. The van der Waals surface area contributed by atoms with Gasteiger partial charge in [-0.25, -0.2) is 14.4 Å². The first-order valence-electron chi connectivity index (χ1n) is 9.45. The molecule has 0 spiro atoms. The zero-order valence-corrected chi connectivity index (χ0v) is 16.1. The first kappa shape index (κ1) is 18.5. The van der Waals surface area contributed by atoms with E-state index in [0.29, 0.717) is 25.1 Å². The van der Waals surface area contributed by atoms with E-state index in [1.54, 1.807) is 12.1 Å². The number of anilines is 1. The molecule has 28 heavy (non-hydrogen) atoms. The molecule has 0 saturated carbocycles. The highest BCUT2D eigenvalue weighted by atomic mass is 19.1. The molecule has 3 heterocycles. The number of rotatable bonds is 4. The van der Waals surface area contributed by atoms with Crippen LogP contribution >= 0.6 is 0 Å². The van der Waals surface area contributed by atoms with Gasteiger partial charge in [-0.15, -0.1) is 0 Å². The summed E-state index contributed by atoms with van der Waals surface area (Å²) < 4.78 is 19.8. The average molecular weight is 378 g/mol. The van der Waals surface area contributed by atoms with Crippen LogP contribution in [0.1, 0.15) is 34.4 Å². The number of morpholine rings is 1. The van der Waals surface area contributed by atoms with E-state index < -0.39 is 0 Å². The molecular weight excluding hydrogens is 355 g/mol. The van der Waals surface area contributed by atoms with Crippen LogP contribution in [0.2, 0.25) is 0 Å². The highest BCUT2D eigenvalue weighted by Gasteiger charge is 2.24. The van der Waals surface area contributed by atoms with E-state index in [9.17, 15) is 4.39 Å². The Morgan fingerprint density at radius 3 is 2.75 bits per heavy atom. The molecule has 1 aromatic carbocycles. The Morgan fingerprint density at radius 1 is 1.14 bits per heavy atom. The zero-order chi connectivity index (χ0) is 19.5. The number of aryl methyl sites for hydroxylation is 2. The molecule has 3 aromatic rings. The lowest BCUT2D eigenvalue weighted by atomic mass is 10.1. The Bertz CT molecular complexity index is 941. The predicted molar refractivity (Wildman–Crippen MR) is 106 cm³/mol. The summed E-state index contributed by atoms with van der Waals surface area (Å²) >= 11 is 0. The van der Waals surface area contributed by atoms with Crippen molar-refractivity contribution < 1.29 is 9.13 Å². The number of hydrogen-bond acceptors (Lipinski definition) is 5. The van der Waals surface area contributed by atoms with E-state index in [4.69, 9.17) is 4.74 Å². The van der Waals surface area contributed by atoms with Crippen LogP contribution in [0.5, 0.6) is 0 Å². The van der Waals surface area contributed by atoms with E-state index in [1.165, 1.54) is 6.07 Å². The Kier molecular flexibility index (Phi) is 5.30. The maximum atomic E-state index is 13.9. The number of aromatic nitrogens is 3. The molecule has 1 aliphatic heterocycles. The zero-order valence-electron chi connectivity index (χ0n) is 16.1. The molecule has 0 aliphatic carbocycles. The van der Waals surface area contributed by atoms with Gasteiger partial charge in [0.05, 0.1) is 18.8 Å². The van der Waals surface area contributed by atoms with Crippen LogP contribution in [-0.4, -0.2) is 34.6 Å². The van der Waals surface area contributed by atoms with Crippen molar-refractivity contribution in [3.8, 4) is 0 Å². The minimum Gasteiger partial charge on any atom is -0.368 e. The van der Waals surface area contributed by atoms with E-state index in [0.717, 1.165) is 35.1 Å². The number of hydrogen-bond donors (Lipinski definition) is 0. The molecule has 0 radical (unpaired) electrons. The summed E-state index contributed by atoms with van der Waals surface area (Å²) in [5.74, 6) is 1.51. The molecule has 144 valence electrons. The normalized spacial score (nSPS) is 17.0. The number of ether oxygens (including phenoxy) is 1. The monoisotopic (exact) mass is 378 g/mol. The van der Waals surface area contributed by atoms with Gasteiger partial charge in [0.25, 0.3) is 0 Å². The lowest BCUT2D eigenvalue weighted by Crippen LogP contribution is -2.39. The van der Waals surface area contributed by atoms with Crippen LogP contribution in [-0.2, 0) is 11.2 Å². The highest BCUT2D eigenvalue weighted by molar-refractivity contribution is 5.40. The van der Waals surface area contributed by atoms with Crippen molar-refractivity contribution in [1.82, 2.24) is 15.0 Å². The second kappa shape index (κ2) is 8.02. The van der Waals surface area contributed by atoms with E-state index in [2.05, 4.69) is 19.9 Å². The van der Waals surface area contributed by atoms with Crippen molar-refractivity contribution in [3.05, 3.63) is 82.8 Å². The summed E-state index contributed by atoms with van der Waals surface area (Å²) in [5.41, 5.74) is 3.49. The highest BCUT2D eigenvalue weighted by Crippen LogP contribution is 2.25. The fourth-order valence-corrected chi connectivity index (χ4v) is 3.49. The van der Waals surface area contributed by atoms with Gasteiger partial charge in [-0.2, -0.15) is 0 Å². The number of nitrogens with zero attached hydrogens (tertiary/aromatic N) is 4. The molecule has 0 bridgehead atoms. The van der Waals surface area contributed by atoms with Crippen molar-refractivity contribution in [2.75, 3.05) is 24.6 Å². The smallest absolute Gasteiger partial charge is 0.132 e. The third-order valence-electron chi connectivity index (χ3n) is 4.87. The first-order valence-corrected chi connectivity index (χ1v) is 9.45. The van der Waals surface area contributed by atoms with Gasteiger partial charge in [-0.05, 0) is 37.1 Å². The van der Waals surface area contributed by atoms with Crippen LogP contribution < -0.4 is 4.90 Å². The average Bonchev–Trinajstić information content (AvgIpc) is 2.70. The molecule has 4 rings (SSSR count). The lowest BCUT2D eigenvalue weighted by molar-refractivity contribution is 0.0367. The molecular formula is C22H23FN4O. The van der Waals surface area contributed by atoms with Crippen molar-refractivity contribution >= 4 is 5.82 Å². The lowest BCUT2D eigenvalue weighted by Gasteiger charge is -2.33. The maximum Gasteiger partial charge on any atom is 0.132 e. The van der Waals surface area contributed by atoms with Gasteiger partial charge in [0.1, 0.15) is 23.6 Å². The van der Waals surface area contributed by atoms with Gasteiger partial charge in [-0.1, -0.05) is 24.3 Å². The van der Waals surface area contributed by atoms with Crippen LogP contribution in [0, 0.1) is 19.7 Å². The van der Waals surface area contributed by atoms with Crippen LogP contribution in [0.3, 0.4) is 0 Å². The molecule has 1 saturated heterocycles. The summed E-state index contributed by atoms with van der Waals surface area (Å²) in [6.07, 6.45) is 2.21. The largest absolute Gasteiger partial charge is 0.368 e. The predicted octanol–water partition coefficient (Wildman–Crippen LogP) is 3.80. The van der Waals surface area contributed by atoms with Crippen molar-refractivity contribution in [2.24, 2.45) is 0 Å². The molecule has 6 heteroatoms. The van der Waals surface area contributed by atoms with Crippen molar-refractivity contribution in [1.29, 1.82) is 0 Å². The SMILES string of the molecule is Cc1cc(N2CCO[C@H](c3ccc(Cc4ccccc4F)cn3)C2)nc(C)n1. The molecule has 2 aromatic heterocycles. The number of benzene rings is 1. The van der Waals surface area contributed by atoms with Crippen molar-refractivity contribution in [3.63, 3.8) is 0 Å². The van der Waals surface area contributed by atoms with Gasteiger partial charge >= 0.3 is 0 Å². The quantitative estimate of drug-likeness (QED) is 0.691. The summed E-state index contributed by atoms with van der Waals surface area (Å²) in [4.78, 5) is 15.7. The molecule has 1 fully saturated rings. The second-order valence-electron chi connectivity index (χ2n) is 7.08. The summed E-state index contributed by atoms with van der Waals surface area (Å²) in [6.45, 7) is 5.98. The van der Waals surface area contributed by atoms with E-state index >= 15 is 0 Å². The minimum absolute atomic E-state index is 0.119. The van der Waals surface area contributed by atoms with Crippen LogP contribution in [0.25, 0.3) is 0 Å². The van der Waals surface area contributed by atoms with Gasteiger partial charge in [0.2, 0.25) is 0 Å². The molecule has 1 aliphatic rings. The first-order chi connectivity index (χ1) is 13.6. The van der Waals surface area contributed by atoms with Crippen molar-refractivity contribution in [2.45, 2.75) is 26.4 Å². The molecule has 5 nitrogen and oxygen atoms in total. The van der Waals surface area contributed by atoms with Gasteiger partial charge in [0.15, 0.2) is 0 Å². The Balaban J connectivity index is 1.47. The van der Waals surface area contributed by atoms with Gasteiger partial charge < -0.3 is 9.64 Å². The molecule has 0 amide bonds. The van der Waals surface area contributed by atoms with Gasteiger partial charge in [0, 0.05) is 30.9 Å². The standard InChI is InChI=1S/C22H23FN4O/c1-15-11-22(26-16(2)25-15)27-9-10-28-21(14-27)20-8-7-17(13-24-20)12-18-5-3-4-6-19(18)23/h3-8,11,13,21H,9-10,12,14H2,1-2H3/t21-/m0/s1. The number of halogens is 1. The van der Waals surface area contributed by atoms with Crippen LogP contribution in [0.4, 0.5) is 10.2 Å². The Labute approximate surface area is 164 Å². The van der Waals surface area contributed by atoms with E-state index in [1.807, 2.05) is 44.3 Å². The summed E-state index contributed by atoms with van der Waals surface area (Å²) in [6, 6.07) is 12.8. The Morgan fingerprint density at radius 2 is 2.00 bits per heavy atom. The second-order valence-corrected chi connectivity index (χ2v) is 7.08. The maximum absolute atomic E-state index is 13.9. The summed E-state index contributed by atoms with van der Waals surface area (Å²) in [5, 5.41) is 0. The van der Waals surface area contributed by atoms with E-state index in [-0.39, 0.29) is 11.9 Å². The van der Waals surface area contributed by atoms with Gasteiger partial charge in [-0.3, -0.25) is 4.98 Å². The molecule has 0 unspecified atom stereocenters. The Hall–Kier alpha value is -2.86. The molecule has 1 atom stereocenters. The topological polar surface area (TPSA) is 51.1 Å². The fourth-order valence-electron chi connectivity index (χ4n) is 3.49. The molecule has 0 N–H and O–H groups in total. The van der Waals surface area contributed by atoms with Crippen LogP contribution in [0.15, 0.2) is 48.7 Å². The third-order valence-corrected chi connectivity index (χ3v) is 4.87. The third kappa shape index (κ3) is 4.17. The summed E-state index contributed by atoms with van der Waals surface area (Å²) in [7, 11) is 0. The fraction of sp³-hybridized carbons (Fsp3) is 0.318.